The van der Waals surface area contributed by atoms with Crippen molar-refractivity contribution in [3.05, 3.63) is 24.5 Å². The van der Waals surface area contributed by atoms with Gasteiger partial charge in [-0.05, 0) is 24.1 Å². The van der Waals surface area contributed by atoms with Crippen LogP contribution in [0.3, 0.4) is 0 Å². The average molecular weight is 337 g/mol. The second-order valence-electron chi connectivity index (χ2n) is 7.17. The van der Waals surface area contributed by atoms with Gasteiger partial charge in [0.05, 0.1) is 18.1 Å². The van der Waals surface area contributed by atoms with Gasteiger partial charge in [0.25, 0.3) is 0 Å². The molecule has 3 fully saturated rings. The highest BCUT2D eigenvalue weighted by Crippen LogP contribution is 2.55. The molecule has 23 heavy (non-hydrogen) atoms. The zero-order valence-corrected chi connectivity index (χ0v) is 15.6. The minimum Gasteiger partial charge on any atom is -0.487 e. The molecule has 0 aromatic heterocycles. The summed E-state index contributed by atoms with van der Waals surface area (Å²) in [4.78, 5) is 11.9. The minimum absolute atomic E-state index is 0.0165. The Hall–Kier alpha value is -1.07. The monoisotopic (exact) mass is 336 g/mol. The standard InChI is InChI=1S/C18H28O4Si/c1-6-13-17(22-23(7-2,8-3)9-4)16-12(5)11-18(13)14(20-16)10-15(19)21-18/h6,10,12-13,16-17H,1,7-9,11H2,2-5H3. The Balaban J connectivity index is 1.97. The van der Waals surface area contributed by atoms with E-state index in [0.717, 1.165) is 24.6 Å². The first-order valence-electron chi connectivity index (χ1n) is 8.87. The molecule has 2 bridgehead atoms. The summed E-state index contributed by atoms with van der Waals surface area (Å²) >= 11 is 0. The number of carbonyl (C=O) groups excluding carboxylic acids is 1. The van der Waals surface area contributed by atoms with Crippen molar-refractivity contribution in [2.75, 3.05) is 0 Å². The Morgan fingerprint density at radius 2 is 2.04 bits per heavy atom. The molecule has 4 rings (SSSR count). The molecular weight excluding hydrogens is 308 g/mol. The normalized spacial score (nSPS) is 38.6. The molecule has 0 radical (unpaired) electrons. The Labute approximate surface area is 140 Å². The van der Waals surface area contributed by atoms with Crippen LogP contribution < -0.4 is 0 Å². The molecule has 5 unspecified atom stereocenters. The number of hydrogen-bond donors (Lipinski definition) is 0. The van der Waals surface area contributed by atoms with E-state index >= 15 is 0 Å². The lowest BCUT2D eigenvalue weighted by Gasteiger charge is -2.57. The number of fused-ring (bicyclic) bond motifs is 2. The summed E-state index contributed by atoms with van der Waals surface area (Å²) in [5.41, 5.74) is -0.687. The van der Waals surface area contributed by atoms with E-state index < -0.39 is 13.9 Å². The smallest absolute Gasteiger partial charge is 0.335 e. The highest BCUT2D eigenvalue weighted by atomic mass is 28.4. The van der Waals surface area contributed by atoms with E-state index in [-0.39, 0.29) is 24.1 Å². The molecule has 3 heterocycles. The van der Waals surface area contributed by atoms with E-state index in [2.05, 4.69) is 34.3 Å². The van der Waals surface area contributed by atoms with Crippen LogP contribution in [-0.4, -0.2) is 32.1 Å². The van der Waals surface area contributed by atoms with Crippen molar-refractivity contribution in [1.29, 1.82) is 0 Å². The van der Waals surface area contributed by atoms with Gasteiger partial charge >= 0.3 is 5.97 Å². The van der Waals surface area contributed by atoms with Gasteiger partial charge in [0.2, 0.25) is 0 Å². The molecule has 0 aromatic rings. The molecule has 128 valence electrons. The van der Waals surface area contributed by atoms with E-state index in [0.29, 0.717) is 11.7 Å². The zero-order chi connectivity index (χ0) is 16.8. The summed E-state index contributed by atoms with van der Waals surface area (Å²) in [6.07, 6.45) is 4.14. The first-order valence-corrected chi connectivity index (χ1v) is 11.4. The lowest BCUT2D eigenvalue weighted by molar-refractivity contribution is -0.217. The van der Waals surface area contributed by atoms with E-state index in [4.69, 9.17) is 13.9 Å². The molecule has 0 N–H and O–H groups in total. The van der Waals surface area contributed by atoms with Crippen LogP contribution in [0.15, 0.2) is 24.5 Å². The first-order chi connectivity index (χ1) is 10.9. The molecule has 0 aromatic carbocycles. The second kappa shape index (κ2) is 5.78. The third kappa shape index (κ3) is 2.31. The molecule has 1 saturated carbocycles. The Kier molecular flexibility index (Phi) is 4.21. The number of hydrogen-bond acceptors (Lipinski definition) is 4. The number of rotatable bonds is 6. The quantitative estimate of drug-likeness (QED) is 0.420. The van der Waals surface area contributed by atoms with Crippen LogP contribution in [-0.2, 0) is 18.7 Å². The van der Waals surface area contributed by atoms with Crippen molar-refractivity contribution in [3.8, 4) is 0 Å². The van der Waals surface area contributed by atoms with Crippen molar-refractivity contribution < 1.29 is 18.7 Å². The molecule has 1 aliphatic carbocycles. The fourth-order valence-corrected chi connectivity index (χ4v) is 7.46. The zero-order valence-electron chi connectivity index (χ0n) is 14.6. The SMILES string of the molecule is C=CC1C(O[Si](CC)(CC)CC)C2OC3=CC(=O)OC31CC2C. The van der Waals surface area contributed by atoms with Crippen LogP contribution in [0.2, 0.25) is 18.1 Å². The van der Waals surface area contributed by atoms with Crippen molar-refractivity contribution >= 4 is 14.3 Å². The maximum atomic E-state index is 11.9. The Morgan fingerprint density at radius 3 is 2.61 bits per heavy atom. The summed E-state index contributed by atoms with van der Waals surface area (Å²) in [6.45, 7) is 12.9. The summed E-state index contributed by atoms with van der Waals surface area (Å²) in [5.74, 6) is 0.667. The predicted molar refractivity (Wildman–Crippen MR) is 91.3 cm³/mol. The van der Waals surface area contributed by atoms with Gasteiger partial charge in [-0.25, -0.2) is 4.79 Å². The summed E-state index contributed by atoms with van der Waals surface area (Å²) in [6, 6.07) is 3.28. The van der Waals surface area contributed by atoms with Crippen molar-refractivity contribution in [2.45, 2.75) is 70.1 Å². The maximum absolute atomic E-state index is 11.9. The maximum Gasteiger partial charge on any atom is 0.335 e. The molecular formula is C18H28O4Si. The van der Waals surface area contributed by atoms with Crippen LogP contribution in [0, 0.1) is 11.8 Å². The Bertz CT molecular complexity index is 531. The third-order valence-electron chi connectivity index (χ3n) is 6.19. The average Bonchev–Trinajstić information content (AvgIpc) is 2.87. The van der Waals surface area contributed by atoms with Crippen LogP contribution in [0.5, 0.6) is 0 Å². The Morgan fingerprint density at radius 1 is 1.39 bits per heavy atom. The molecule has 4 nitrogen and oxygen atoms in total. The minimum atomic E-state index is -1.78. The first kappa shape index (κ1) is 16.8. The van der Waals surface area contributed by atoms with E-state index in [1.165, 1.54) is 6.08 Å². The molecule has 5 heteroatoms. The van der Waals surface area contributed by atoms with Crippen molar-refractivity contribution in [3.63, 3.8) is 0 Å². The predicted octanol–water partition coefficient (Wildman–Crippen LogP) is 3.80. The van der Waals surface area contributed by atoms with Gasteiger partial charge < -0.3 is 13.9 Å². The molecule has 1 spiro atoms. The van der Waals surface area contributed by atoms with Gasteiger partial charge in [-0.2, -0.15) is 0 Å². The van der Waals surface area contributed by atoms with Gasteiger partial charge in [0.15, 0.2) is 13.9 Å². The van der Waals surface area contributed by atoms with Gasteiger partial charge in [0.1, 0.15) is 11.9 Å². The fraction of sp³-hybridized carbons (Fsp3) is 0.722. The molecule has 4 aliphatic rings. The third-order valence-corrected chi connectivity index (χ3v) is 10.8. The van der Waals surface area contributed by atoms with E-state index in [9.17, 15) is 4.79 Å². The van der Waals surface area contributed by atoms with Crippen LogP contribution in [0.25, 0.3) is 0 Å². The number of carbonyl (C=O) groups is 1. The second-order valence-corrected chi connectivity index (χ2v) is 11.9. The molecule has 2 saturated heterocycles. The number of esters is 1. The van der Waals surface area contributed by atoms with Crippen molar-refractivity contribution in [1.82, 2.24) is 0 Å². The lowest BCUT2D eigenvalue weighted by Crippen LogP contribution is -2.65. The largest absolute Gasteiger partial charge is 0.487 e. The fourth-order valence-electron chi connectivity index (χ4n) is 4.60. The van der Waals surface area contributed by atoms with Crippen LogP contribution in [0.1, 0.15) is 34.1 Å². The summed E-state index contributed by atoms with van der Waals surface area (Å²) in [5, 5.41) is 0. The van der Waals surface area contributed by atoms with Gasteiger partial charge in [-0.1, -0.05) is 33.8 Å². The highest BCUT2D eigenvalue weighted by molar-refractivity contribution is 6.73. The van der Waals surface area contributed by atoms with Crippen LogP contribution in [0.4, 0.5) is 0 Å². The topological polar surface area (TPSA) is 44.8 Å². The lowest BCUT2D eigenvalue weighted by atomic mass is 9.65. The van der Waals surface area contributed by atoms with Gasteiger partial charge in [-0.3, -0.25) is 0 Å². The van der Waals surface area contributed by atoms with Gasteiger partial charge in [-0.15, -0.1) is 6.58 Å². The summed E-state index contributed by atoms with van der Waals surface area (Å²) < 4.78 is 18.7. The highest BCUT2D eigenvalue weighted by Gasteiger charge is 2.65. The van der Waals surface area contributed by atoms with Crippen molar-refractivity contribution in [2.24, 2.45) is 11.8 Å². The molecule has 0 amide bonds. The molecule has 5 atom stereocenters. The summed E-state index contributed by atoms with van der Waals surface area (Å²) in [7, 11) is -1.78. The van der Waals surface area contributed by atoms with Gasteiger partial charge in [0, 0.05) is 6.42 Å². The van der Waals surface area contributed by atoms with E-state index in [1.807, 2.05) is 6.08 Å². The van der Waals surface area contributed by atoms with Crippen LogP contribution >= 0.6 is 0 Å². The van der Waals surface area contributed by atoms with E-state index in [1.54, 1.807) is 0 Å². The number of ether oxygens (including phenoxy) is 2. The molecule has 3 aliphatic heterocycles.